The van der Waals surface area contributed by atoms with E-state index < -0.39 is 23.9 Å². The summed E-state index contributed by atoms with van der Waals surface area (Å²) in [4.78, 5) is 23.0. The summed E-state index contributed by atoms with van der Waals surface area (Å²) >= 11 is 0. The van der Waals surface area contributed by atoms with Gasteiger partial charge in [-0.3, -0.25) is 10.1 Å². The molecule has 0 aromatic heterocycles. The van der Waals surface area contributed by atoms with Crippen LogP contribution in [-0.2, 0) is 4.79 Å². The van der Waals surface area contributed by atoms with Crippen LogP contribution in [0, 0.1) is 5.82 Å². The average molecular weight is 297 g/mol. The zero-order valence-electron chi connectivity index (χ0n) is 12.3. The second-order valence-electron chi connectivity index (χ2n) is 4.58. The van der Waals surface area contributed by atoms with Crippen LogP contribution in [0.1, 0.15) is 32.4 Å². The number of nitrogens with one attached hydrogen (secondary N) is 2. The molecule has 1 rings (SSSR count). The Balaban J connectivity index is 2.78. The molecular weight excluding hydrogens is 277 g/mol. The highest BCUT2D eigenvalue weighted by molar-refractivity contribution is 5.96. The number of carbonyl (C=O) groups is 2. The Bertz CT molecular complexity index is 520. The number of amides is 3. The van der Waals surface area contributed by atoms with E-state index in [9.17, 15) is 14.0 Å². The molecule has 0 spiro atoms. The standard InChI is InChI=1S/C14H20FN3O3/c1-4-17-14(20)18-13(19)9(3)21-12-7-10(15)5-6-11(12)8(2)16/h5-9H,4,16H2,1-3H3,(H2,17,18,19,20). The third-order valence-electron chi connectivity index (χ3n) is 2.71. The fourth-order valence-electron chi connectivity index (χ4n) is 1.65. The van der Waals surface area contributed by atoms with Crippen LogP contribution in [0.2, 0.25) is 0 Å². The van der Waals surface area contributed by atoms with Gasteiger partial charge in [-0.15, -0.1) is 0 Å². The van der Waals surface area contributed by atoms with E-state index in [1.54, 1.807) is 13.8 Å². The highest BCUT2D eigenvalue weighted by atomic mass is 19.1. The molecule has 6 nitrogen and oxygen atoms in total. The van der Waals surface area contributed by atoms with Crippen LogP contribution in [0.4, 0.5) is 9.18 Å². The van der Waals surface area contributed by atoms with E-state index in [2.05, 4.69) is 10.6 Å². The molecule has 7 heteroatoms. The van der Waals surface area contributed by atoms with E-state index in [0.717, 1.165) is 6.07 Å². The van der Waals surface area contributed by atoms with Gasteiger partial charge in [0.05, 0.1) is 0 Å². The van der Waals surface area contributed by atoms with Crippen LogP contribution >= 0.6 is 0 Å². The van der Waals surface area contributed by atoms with Gasteiger partial charge in [-0.05, 0) is 26.8 Å². The molecule has 0 bridgehead atoms. The van der Waals surface area contributed by atoms with Crippen molar-refractivity contribution >= 4 is 11.9 Å². The summed E-state index contributed by atoms with van der Waals surface area (Å²) in [5.41, 5.74) is 6.35. The van der Waals surface area contributed by atoms with Crippen molar-refractivity contribution in [3.63, 3.8) is 0 Å². The minimum Gasteiger partial charge on any atom is -0.480 e. The van der Waals surface area contributed by atoms with Gasteiger partial charge in [0, 0.05) is 24.2 Å². The Hall–Kier alpha value is -2.15. The van der Waals surface area contributed by atoms with Crippen molar-refractivity contribution in [2.45, 2.75) is 32.9 Å². The first-order valence-electron chi connectivity index (χ1n) is 6.65. The number of benzene rings is 1. The van der Waals surface area contributed by atoms with Gasteiger partial charge in [0.1, 0.15) is 11.6 Å². The molecule has 2 unspecified atom stereocenters. The minimum absolute atomic E-state index is 0.184. The second-order valence-corrected chi connectivity index (χ2v) is 4.58. The monoisotopic (exact) mass is 297 g/mol. The summed E-state index contributed by atoms with van der Waals surface area (Å²) in [6.45, 7) is 5.31. The predicted octanol–water partition coefficient (Wildman–Crippen LogP) is 1.46. The van der Waals surface area contributed by atoms with E-state index >= 15 is 0 Å². The number of nitrogens with two attached hydrogens (primary N) is 1. The summed E-state index contributed by atoms with van der Waals surface area (Å²) in [5.74, 6) is -0.935. The van der Waals surface area contributed by atoms with Crippen molar-refractivity contribution in [3.05, 3.63) is 29.6 Å². The number of hydrogen-bond acceptors (Lipinski definition) is 4. The molecule has 0 radical (unpaired) electrons. The molecule has 0 saturated carbocycles. The lowest BCUT2D eigenvalue weighted by molar-refractivity contribution is -0.126. The summed E-state index contributed by atoms with van der Waals surface area (Å²) in [5, 5.41) is 4.55. The molecule has 2 atom stereocenters. The van der Waals surface area contributed by atoms with Gasteiger partial charge in [-0.2, -0.15) is 0 Å². The maximum absolute atomic E-state index is 13.3. The van der Waals surface area contributed by atoms with Gasteiger partial charge in [-0.1, -0.05) is 6.07 Å². The van der Waals surface area contributed by atoms with Gasteiger partial charge in [0.2, 0.25) is 0 Å². The first-order valence-corrected chi connectivity index (χ1v) is 6.65. The number of ether oxygens (including phenoxy) is 1. The molecule has 0 fully saturated rings. The molecule has 3 amide bonds. The lowest BCUT2D eigenvalue weighted by atomic mass is 10.1. The van der Waals surface area contributed by atoms with Crippen LogP contribution in [0.25, 0.3) is 0 Å². The van der Waals surface area contributed by atoms with Crippen LogP contribution in [0.15, 0.2) is 18.2 Å². The summed E-state index contributed by atoms with van der Waals surface area (Å²) in [7, 11) is 0. The number of rotatable bonds is 5. The third kappa shape index (κ3) is 5.03. The van der Waals surface area contributed by atoms with E-state index in [4.69, 9.17) is 10.5 Å². The molecule has 0 saturated heterocycles. The van der Waals surface area contributed by atoms with Crippen molar-refractivity contribution in [1.29, 1.82) is 0 Å². The first kappa shape index (κ1) is 16.9. The Labute approximate surface area is 122 Å². The number of carbonyl (C=O) groups excluding carboxylic acids is 2. The number of hydrogen-bond donors (Lipinski definition) is 3. The fraction of sp³-hybridized carbons (Fsp3) is 0.429. The maximum atomic E-state index is 13.3. The third-order valence-corrected chi connectivity index (χ3v) is 2.71. The molecule has 21 heavy (non-hydrogen) atoms. The molecule has 0 heterocycles. The van der Waals surface area contributed by atoms with Crippen LogP contribution in [0.5, 0.6) is 5.75 Å². The molecular formula is C14H20FN3O3. The van der Waals surface area contributed by atoms with E-state index in [-0.39, 0.29) is 11.8 Å². The lowest BCUT2D eigenvalue weighted by Crippen LogP contribution is -2.45. The Morgan fingerprint density at radius 1 is 1.38 bits per heavy atom. The fourth-order valence-corrected chi connectivity index (χ4v) is 1.65. The average Bonchev–Trinajstić information content (AvgIpc) is 2.38. The molecule has 116 valence electrons. The van der Waals surface area contributed by atoms with Gasteiger partial charge in [0.15, 0.2) is 6.10 Å². The van der Waals surface area contributed by atoms with Crippen molar-refractivity contribution in [1.82, 2.24) is 10.6 Å². The van der Waals surface area contributed by atoms with Crippen molar-refractivity contribution in [3.8, 4) is 5.75 Å². The molecule has 0 aliphatic carbocycles. The smallest absolute Gasteiger partial charge is 0.321 e. The Kier molecular flexibility index (Phi) is 6.10. The zero-order chi connectivity index (χ0) is 16.0. The van der Waals surface area contributed by atoms with Gasteiger partial charge in [-0.25, -0.2) is 9.18 Å². The highest BCUT2D eigenvalue weighted by Gasteiger charge is 2.19. The number of imide groups is 1. The normalized spacial score (nSPS) is 13.2. The Morgan fingerprint density at radius 2 is 2.05 bits per heavy atom. The minimum atomic E-state index is -0.966. The van der Waals surface area contributed by atoms with E-state index in [0.29, 0.717) is 12.1 Å². The van der Waals surface area contributed by atoms with Gasteiger partial charge in [0.25, 0.3) is 5.91 Å². The topological polar surface area (TPSA) is 93.5 Å². The molecule has 1 aromatic rings. The van der Waals surface area contributed by atoms with Crippen molar-refractivity contribution < 1.29 is 18.7 Å². The summed E-state index contributed by atoms with van der Waals surface area (Å²) < 4.78 is 18.7. The summed E-state index contributed by atoms with van der Waals surface area (Å²) in [6, 6.07) is 2.95. The first-order chi connectivity index (χ1) is 9.85. The predicted molar refractivity (Wildman–Crippen MR) is 76.3 cm³/mol. The SMILES string of the molecule is CCNC(=O)NC(=O)C(C)Oc1cc(F)ccc1C(C)N. The van der Waals surface area contributed by atoms with Gasteiger partial charge < -0.3 is 15.8 Å². The molecule has 0 aliphatic heterocycles. The second kappa shape index (κ2) is 7.58. The molecule has 4 N–H and O–H groups in total. The molecule has 1 aromatic carbocycles. The maximum Gasteiger partial charge on any atom is 0.321 e. The quantitative estimate of drug-likeness (QED) is 0.767. The van der Waals surface area contributed by atoms with E-state index in [1.807, 2.05) is 0 Å². The largest absolute Gasteiger partial charge is 0.480 e. The Morgan fingerprint density at radius 3 is 2.62 bits per heavy atom. The van der Waals surface area contributed by atoms with Crippen molar-refractivity contribution in [2.75, 3.05) is 6.54 Å². The van der Waals surface area contributed by atoms with Gasteiger partial charge >= 0.3 is 6.03 Å². The summed E-state index contributed by atoms with van der Waals surface area (Å²) in [6.07, 6.45) is -0.966. The van der Waals surface area contributed by atoms with Crippen molar-refractivity contribution in [2.24, 2.45) is 5.73 Å². The molecule has 0 aliphatic rings. The number of halogens is 1. The van der Waals surface area contributed by atoms with E-state index in [1.165, 1.54) is 19.1 Å². The lowest BCUT2D eigenvalue weighted by Gasteiger charge is -2.18. The number of urea groups is 1. The van der Waals surface area contributed by atoms with Crippen LogP contribution < -0.4 is 21.1 Å². The highest BCUT2D eigenvalue weighted by Crippen LogP contribution is 2.25. The van der Waals surface area contributed by atoms with Crippen LogP contribution in [-0.4, -0.2) is 24.6 Å². The zero-order valence-corrected chi connectivity index (χ0v) is 12.3. The van der Waals surface area contributed by atoms with Crippen LogP contribution in [0.3, 0.4) is 0 Å².